The van der Waals surface area contributed by atoms with Gasteiger partial charge in [-0.1, -0.05) is 147 Å². The molecule has 0 aliphatic carbocycles. The molecule has 0 radical (unpaired) electrons. The molecule has 0 saturated carbocycles. The summed E-state index contributed by atoms with van der Waals surface area (Å²) in [5.74, 6) is -0.319. The fourth-order valence-electron chi connectivity index (χ4n) is 6.53. The summed E-state index contributed by atoms with van der Waals surface area (Å²) < 4.78 is 13.1. The predicted molar refractivity (Wildman–Crippen MR) is 200 cm³/mol. The van der Waals surface area contributed by atoms with Crippen LogP contribution in [0.5, 0.6) is 0 Å². The van der Waals surface area contributed by atoms with Crippen LogP contribution in [0.25, 0.3) is 0 Å². The van der Waals surface area contributed by atoms with Crippen molar-refractivity contribution in [2.24, 2.45) is 0 Å². The summed E-state index contributed by atoms with van der Waals surface area (Å²) in [5, 5.41) is 0. The van der Waals surface area contributed by atoms with E-state index in [2.05, 4.69) is 69.3 Å². The number of rotatable bonds is 33. The number of hydrogen-bond donors (Lipinski definition) is 0. The molecule has 1 fully saturated rings. The summed E-state index contributed by atoms with van der Waals surface area (Å²) in [6.07, 6.45) is 51.1. The van der Waals surface area contributed by atoms with E-state index >= 15 is 0 Å². The zero-order valence-corrected chi connectivity index (χ0v) is 31.0. The molecule has 0 N–H and O–H groups in total. The highest BCUT2D eigenvalue weighted by Gasteiger charge is 2.40. The van der Waals surface area contributed by atoms with Gasteiger partial charge in [-0.3, -0.25) is 0 Å². The Balaban J connectivity index is 2.10. The van der Waals surface area contributed by atoms with E-state index in [1.54, 1.807) is 0 Å². The third-order valence-corrected chi connectivity index (χ3v) is 9.31. The highest BCUT2D eigenvalue weighted by molar-refractivity contribution is 4.92. The highest BCUT2D eigenvalue weighted by atomic mass is 16.7. The lowest BCUT2D eigenvalue weighted by Crippen LogP contribution is -2.33. The maximum absolute atomic E-state index is 6.63. The van der Waals surface area contributed by atoms with Crippen molar-refractivity contribution in [3.8, 4) is 0 Å². The molecule has 1 heterocycles. The standard InChI is InChI=1S/C42H79NO2/c1-5-7-9-11-13-15-17-19-21-23-25-27-29-31-33-35-37-42(44-40-41(45-42)39-43(3)4)38-36-34-32-30-28-26-24-22-20-18-16-14-12-10-8-6-2/h13-16,19,21,41H,5-12,17-18,20,22-40H2,1-4H3. The SMILES string of the molecule is CCCCCC=CCC=CCCCCCCCCC1(CCCCCCCCCCCC=CCCCCC)OCC(CN(C)C)O1. The van der Waals surface area contributed by atoms with Gasteiger partial charge in [0, 0.05) is 19.4 Å². The Morgan fingerprint density at radius 3 is 1.31 bits per heavy atom. The van der Waals surface area contributed by atoms with Gasteiger partial charge in [0.25, 0.3) is 0 Å². The van der Waals surface area contributed by atoms with Crippen molar-refractivity contribution in [3.63, 3.8) is 0 Å². The van der Waals surface area contributed by atoms with Crippen LogP contribution in [-0.4, -0.2) is 44.0 Å². The third-order valence-electron chi connectivity index (χ3n) is 9.31. The molecule has 0 aromatic heterocycles. The van der Waals surface area contributed by atoms with E-state index in [0.717, 1.165) is 32.4 Å². The number of unbranched alkanes of at least 4 members (excludes halogenated alkanes) is 21. The van der Waals surface area contributed by atoms with Gasteiger partial charge in [0.15, 0.2) is 5.79 Å². The average molecular weight is 630 g/mol. The van der Waals surface area contributed by atoms with Gasteiger partial charge >= 0.3 is 0 Å². The molecule has 1 saturated heterocycles. The molecule has 0 spiro atoms. The molecule has 2 atom stereocenters. The molecule has 3 heteroatoms. The van der Waals surface area contributed by atoms with Crippen molar-refractivity contribution in [3.05, 3.63) is 36.5 Å². The minimum atomic E-state index is -0.319. The van der Waals surface area contributed by atoms with Crippen molar-refractivity contribution in [2.45, 2.75) is 206 Å². The van der Waals surface area contributed by atoms with E-state index in [9.17, 15) is 0 Å². The van der Waals surface area contributed by atoms with Crippen LogP contribution < -0.4 is 0 Å². The fraction of sp³-hybridized carbons (Fsp3) is 0.857. The Labute approximate surface area is 283 Å². The molecule has 0 bridgehead atoms. The summed E-state index contributed by atoms with van der Waals surface area (Å²) in [6, 6.07) is 0. The van der Waals surface area contributed by atoms with Crippen LogP contribution >= 0.6 is 0 Å². The molecular weight excluding hydrogens is 550 g/mol. The van der Waals surface area contributed by atoms with Gasteiger partial charge < -0.3 is 14.4 Å². The molecule has 0 amide bonds. The molecule has 264 valence electrons. The molecule has 3 nitrogen and oxygen atoms in total. The molecule has 45 heavy (non-hydrogen) atoms. The third kappa shape index (κ3) is 26.8. The van der Waals surface area contributed by atoms with E-state index < -0.39 is 0 Å². The minimum absolute atomic E-state index is 0.223. The lowest BCUT2D eigenvalue weighted by atomic mass is 9.98. The first kappa shape index (κ1) is 42.1. The first-order chi connectivity index (χ1) is 22.1. The van der Waals surface area contributed by atoms with Gasteiger partial charge in [-0.15, -0.1) is 0 Å². The van der Waals surface area contributed by atoms with E-state index in [0.29, 0.717) is 0 Å². The summed E-state index contributed by atoms with van der Waals surface area (Å²) in [7, 11) is 4.27. The summed E-state index contributed by atoms with van der Waals surface area (Å²) in [4.78, 5) is 2.23. The molecule has 0 aromatic carbocycles. The summed E-state index contributed by atoms with van der Waals surface area (Å²) in [5.41, 5.74) is 0. The maximum atomic E-state index is 6.63. The normalized spacial score (nSPS) is 19.0. The van der Waals surface area contributed by atoms with E-state index in [1.165, 1.54) is 161 Å². The maximum Gasteiger partial charge on any atom is 0.168 e. The van der Waals surface area contributed by atoms with Crippen LogP contribution in [-0.2, 0) is 9.47 Å². The Hall–Kier alpha value is -0.900. The Kier molecular flexibility index (Phi) is 29.7. The van der Waals surface area contributed by atoms with Gasteiger partial charge in [0.2, 0.25) is 0 Å². The number of nitrogens with zero attached hydrogens (tertiary/aromatic N) is 1. The second-order valence-electron chi connectivity index (χ2n) is 14.2. The van der Waals surface area contributed by atoms with Crippen LogP contribution in [0.3, 0.4) is 0 Å². The van der Waals surface area contributed by atoms with Gasteiger partial charge in [0.1, 0.15) is 0 Å². The quantitative estimate of drug-likeness (QED) is 0.0532. The van der Waals surface area contributed by atoms with Crippen molar-refractivity contribution >= 4 is 0 Å². The van der Waals surface area contributed by atoms with Crippen molar-refractivity contribution < 1.29 is 9.47 Å². The summed E-state index contributed by atoms with van der Waals surface area (Å²) >= 11 is 0. The Morgan fingerprint density at radius 1 is 0.511 bits per heavy atom. The number of hydrogen-bond acceptors (Lipinski definition) is 3. The number of allylic oxidation sites excluding steroid dienone is 6. The van der Waals surface area contributed by atoms with Gasteiger partial charge in [-0.25, -0.2) is 0 Å². The smallest absolute Gasteiger partial charge is 0.168 e. The van der Waals surface area contributed by atoms with Crippen molar-refractivity contribution in [1.82, 2.24) is 4.90 Å². The molecule has 1 rings (SSSR count). The molecule has 2 unspecified atom stereocenters. The first-order valence-electron chi connectivity index (χ1n) is 20.0. The average Bonchev–Trinajstić information content (AvgIpc) is 3.42. The second kappa shape index (κ2) is 31.7. The van der Waals surface area contributed by atoms with Crippen LogP contribution in [0, 0.1) is 0 Å². The van der Waals surface area contributed by atoms with Crippen molar-refractivity contribution in [1.29, 1.82) is 0 Å². The monoisotopic (exact) mass is 630 g/mol. The second-order valence-corrected chi connectivity index (χ2v) is 14.2. The highest BCUT2D eigenvalue weighted by Crippen LogP contribution is 2.35. The van der Waals surface area contributed by atoms with Gasteiger partial charge in [0.05, 0.1) is 12.7 Å². The minimum Gasteiger partial charge on any atom is -0.347 e. The van der Waals surface area contributed by atoms with Gasteiger partial charge in [-0.2, -0.15) is 0 Å². The summed E-state index contributed by atoms with van der Waals surface area (Å²) in [6.45, 7) is 6.27. The first-order valence-corrected chi connectivity index (χ1v) is 20.0. The zero-order chi connectivity index (χ0) is 32.5. The molecular formula is C42H79NO2. The zero-order valence-electron chi connectivity index (χ0n) is 31.0. The lowest BCUT2D eigenvalue weighted by Gasteiger charge is -2.29. The Morgan fingerprint density at radius 2 is 0.889 bits per heavy atom. The van der Waals surface area contributed by atoms with Crippen LogP contribution in [0.1, 0.15) is 194 Å². The molecule has 1 aliphatic rings. The molecule has 1 aliphatic heterocycles. The predicted octanol–water partition coefficient (Wildman–Crippen LogP) is 13.3. The number of likely N-dealkylation sites (N-methyl/N-ethyl adjacent to an activating group) is 1. The van der Waals surface area contributed by atoms with E-state index in [1.807, 2.05) is 0 Å². The fourth-order valence-corrected chi connectivity index (χ4v) is 6.53. The van der Waals surface area contributed by atoms with E-state index in [4.69, 9.17) is 9.47 Å². The van der Waals surface area contributed by atoms with Gasteiger partial charge in [-0.05, 0) is 84.7 Å². The van der Waals surface area contributed by atoms with E-state index in [-0.39, 0.29) is 11.9 Å². The van der Waals surface area contributed by atoms with Crippen LogP contribution in [0.4, 0.5) is 0 Å². The van der Waals surface area contributed by atoms with Crippen LogP contribution in [0.15, 0.2) is 36.5 Å². The van der Waals surface area contributed by atoms with Crippen molar-refractivity contribution in [2.75, 3.05) is 27.2 Å². The molecule has 0 aromatic rings. The lowest BCUT2D eigenvalue weighted by molar-refractivity contribution is -0.180. The van der Waals surface area contributed by atoms with Crippen LogP contribution in [0.2, 0.25) is 0 Å². The number of ether oxygens (including phenoxy) is 2. The Bertz CT molecular complexity index is 699. The largest absolute Gasteiger partial charge is 0.347 e. The topological polar surface area (TPSA) is 21.7 Å².